The smallest absolute Gasteiger partial charge is 0.303 e. The van der Waals surface area contributed by atoms with E-state index in [1.54, 1.807) is 4.68 Å². The number of anilines is 2. The molecule has 1 aliphatic heterocycles. The van der Waals surface area contributed by atoms with Crippen LogP contribution >= 0.6 is 0 Å². The molecule has 0 saturated heterocycles. The van der Waals surface area contributed by atoms with Gasteiger partial charge in [0.25, 0.3) is 5.95 Å². The lowest BCUT2D eigenvalue weighted by molar-refractivity contribution is -0.137. The Morgan fingerprint density at radius 2 is 2.08 bits per heavy atom. The molecule has 2 aromatic rings. The minimum Gasteiger partial charge on any atom is -0.481 e. The van der Waals surface area contributed by atoms with Crippen molar-refractivity contribution in [3.63, 3.8) is 0 Å². The van der Waals surface area contributed by atoms with Crippen LogP contribution in [0.2, 0.25) is 0 Å². The summed E-state index contributed by atoms with van der Waals surface area (Å²) in [5, 5.41) is 19.0. The van der Waals surface area contributed by atoms with Crippen molar-refractivity contribution in [1.29, 1.82) is 0 Å². The number of carbonyl (C=O) groups is 2. The molecule has 0 bridgehead atoms. The molecule has 8 nitrogen and oxygen atoms in total. The Labute approximate surface area is 145 Å². The molecule has 132 valence electrons. The largest absolute Gasteiger partial charge is 0.481 e. The fourth-order valence-corrected chi connectivity index (χ4v) is 2.95. The SMILES string of the molecule is C[C@H]1C[C@H](c2ccccc2)n2nc(NC(=O)CCCC(=O)O)nc2N1. The highest BCUT2D eigenvalue weighted by atomic mass is 16.4. The zero-order valence-corrected chi connectivity index (χ0v) is 14.0. The molecule has 25 heavy (non-hydrogen) atoms. The first-order valence-electron chi connectivity index (χ1n) is 8.32. The molecule has 3 N–H and O–H groups in total. The lowest BCUT2D eigenvalue weighted by Gasteiger charge is -2.29. The number of aliphatic carboxylic acids is 1. The van der Waals surface area contributed by atoms with E-state index in [1.807, 2.05) is 18.2 Å². The summed E-state index contributed by atoms with van der Waals surface area (Å²) in [4.78, 5) is 26.8. The number of carbonyl (C=O) groups excluding carboxylic acids is 1. The Morgan fingerprint density at radius 1 is 1.32 bits per heavy atom. The number of carboxylic acids is 1. The minimum atomic E-state index is -0.910. The van der Waals surface area contributed by atoms with E-state index in [2.05, 4.69) is 39.8 Å². The van der Waals surface area contributed by atoms with Crippen LogP contribution in [-0.4, -0.2) is 37.8 Å². The third-order valence-electron chi connectivity index (χ3n) is 4.11. The highest BCUT2D eigenvalue weighted by Crippen LogP contribution is 2.31. The summed E-state index contributed by atoms with van der Waals surface area (Å²) in [6, 6.07) is 10.3. The maximum atomic E-state index is 11.9. The molecule has 0 fully saturated rings. The standard InChI is InChI=1S/C17H21N5O3/c1-11-10-13(12-6-3-2-4-7-12)22-17(18-11)20-16(21-22)19-14(23)8-5-9-15(24)25/h2-4,6-7,11,13H,5,8-10H2,1H3,(H,24,25)(H2,18,19,20,21,23)/t11-,13+/m0/s1. The maximum Gasteiger partial charge on any atom is 0.303 e. The molecule has 0 aliphatic carbocycles. The van der Waals surface area contributed by atoms with Gasteiger partial charge in [-0.25, -0.2) is 4.68 Å². The average molecular weight is 343 g/mol. The van der Waals surface area contributed by atoms with Gasteiger partial charge in [0.05, 0.1) is 6.04 Å². The molecule has 0 saturated carbocycles. The van der Waals surface area contributed by atoms with Crippen molar-refractivity contribution >= 4 is 23.8 Å². The number of benzene rings is 1. The van der Waals surface area contributed by atoms with Gasteiger partial charge in [-0.05, 0) is 25.3 Å². The fourth-order valence-electron chi connectivity index (χ4n) is 2.95. The van der Waals surface area contributed by atoms with E-state index in [4.69, 9.17) is 5.11 Å². The van der Waals surface area contributed by atoms with Gasteiger partial charge in [0.15, 0.2) is 0 Å². The number of hydrogen-bond acceptors (Lipinski definition) is 5. The van der Waals surface area contributed by atoms with Crippen molar-refractivity contribution in [1.82, 2.24) is 14.8 Å². The van der Waals surface area contributed by atoms with Crippen LogP contribution in [0.5, 0.6) is 0 Å². The molecule has 3 rings (SSSR count). The van der Waals surface area contributed by atoms with Gasteiger partial charge < -0.3 is 10.4 Å². The zero-order valence-electron chi connectivity index (χ0n) is 14.0. The molecule has 2 heterocycles. The van der Waals surface area contributed by atoms with Gasteiger partial charge in [0.2, 0.25) is 11.9 Å². The molecule has 1 aromatic carbocycles. The van der Waals surface area contributed by atoms with Gasteiger partial charge in [-0.2, -0.15) is 4.98 Å². The quantitative estimate of drug-likeness (QED) is 0.742. The van der Waals surface area contributed by atoms with Gasteiger partial charge in [-0.1, -0.05) is 30.3 Å². The van der Waals surface area contributed by atoms with Gasteiger partial charge in [0.1, 0.15) is 0 Å². The summed E-state index contributed by atoms with van der Waals surface area (Å²) in [7, 11) is 0. The number of carboxylic acid groups (broad SMARTS) is 1. The molecule has 1 amide bonds. The van der Waals surface area contributed by atoms with Crippen LogP contribution in [0.25, 0.3) is 0 Å². The number of hydrogen-bond donors (Lipinski definition) is 3. The van der Waals surface area contributed by atoms with E-state index in [0.717, 1.165) is 12.0 Å². The molecule has 0 unspecified atom stereocenters. The lowest BCUT2D eigenvalue weighted by atomic mass is 9.99. The summed E-state index contributed by atoms with van der Waals surface area (Å²) in [6.45, 7) is 2.08. The number of nitrogens with zero attached hydrogens (tertiary/aromatic N) is 3. The Morgan fingerprint density at radius 3 is 2.80 bits per heavy atom. The number of aromatic nitrogens is 3. The lowest BCUT2D eigenvalue weighted by Crippen LogP contribution is -2.31. The number of nitrogens with one attached hydrogen (secondary N) is 2. The second-order valence-electron chi connectivity index (χ2n) is 6.21. The van der Waals surface area contributed by atoms with E-state index in [0.29, 0.717) is 5.95 Å². The Balaban J connectivity index is 1.73. The third kappa shape index (κ3) is 4.14. The number of fused-ring (bicyclic) bond motifs is 1. The predicted molar refractivity (Wildman–Crippen MR) is 92.4 cm³/mol. The number of rotatable bonds is 6. The summed E-state index contributed by atoms with van der Waals surface area (Å²) in [5.74, 6) is -0.341. The summed E-state index contributed by atoms with van der Waals surface area (Å²) < 4.78 is 1.79. The molecule has 1 aromatic heterocycles. The van der Waals surface area contributed by atoms with E-state index in [9.17, 15) is 9.59 Å². The van der Waals surface area contributed by atoms with Gasteiger partial charge in [-0.3, -0.25) is 14.9 Å². The van der Waals surface area contributed by atoms with Crippen molar-refractivity contribution in [2.24, 2.45) is 0 Å². The highest BCUT2D eigenvalue weighted by molar-refractivity contribution is 5.89. The van der Waals surface area contributed by atoms with Crippen LogP contribution < -0.4 is 10.6 Å². The first-order chi connectivity index (χ1) is 12.0. The minimum absolute atomic E-state index is 0.0321. The summed E-state index contributed by atoms with van der Waals surface area (Å²) in [5.41, 5.74) is 1.14. The van der Waals surface area contributed by atoms with Crippen molar-refractivity contribution in [3.05, 3.63) is 35.9 Å². The first kappa shape index (κ1) is 16.9. The third-order valence-corrected chi connectivity index (χ3v) is 4.11. The van der Waals surface area contributed by atoms with E-state index < -0.39 is 5.97 Å². The monoisotopic (exact) mass is 343 g/mol. The van der Waals surface area contributed by atoms with Crippen molar-refractivity contribution in [2.45, 2.75) is 44.7 Å². The average Bonchev–Trinajstić information content (AvgIpc) is 2.96. The summed E-state index contributed by atoms with van der Waals surface area (Å²) in [6.07, 6.45) is 1.25. The van der Waals surface area contributed by atoms with Crippen molar-refractivity contribution in [3.8, 4) is 0 Å². The molecule has 1 aliphatic rings. The van der Waals surface area contributed by atoms with Gasteiger partial charge >= 0.3 is 5.97 Å². The van der Waals surface area contributed by atoms with Crippen LogP contribution in [0.15, 0.2) is 30.3 Å². The van der Waals surface area contributed by atoms with Crippen LogP contribution in [0.3, 0.4) is 0 Å². The number of amides is 1. The molecule has 8 heteroatoms. The molecule has 2 atom stereocenters. The van der Waals surface area contributed by atoms with Crippen molar-refractivity contribution in [2.75, 3.05) is 10.6 Å². The van der Waals surface area contributed by atoms with Gasteiger partial charge in [-0.15, -0.1) is 5.10 Å². The second-order valence-corrected chi connectivity index (χ2v) is 6.21. The predicted octanol–water partition coefficient (Wildman–Crippen LogP) is 2.26. The van der Waals surface area contributed by atoms with Crippen LogP contribution in [0.1, 0.15) is 44.2 Å². The van der Waals surface area contributed by atoms with E-state index >= 15 is 0 Å². The molecule has 0 spiro atoms. The van der Waals surface area contributed by atoms with E-state index in [-0.39, 0.29) is 43.2 Å². The van der Waals surface area contributed by atoms with E-state index in [1.165, 1.54) is 0 Å². The van der Waals surface area contributed by atoms with Crippen molar-refractivity contribution < 1.29 is 14.7 Å². The first-order valence-corrected chi connectivity index (χ1v) is 8.32. The Bertz CT molecular complexity index is 759. The maximum absolute atomic E-state index is 11.9. The fraction of sp³-hybridized carbons (Fsp3) is 0.412. The van der Waals surface area contributed by atoms with Crippen LogP contribution in [0, 0.1) is 0 Å². The Hall–Kier alpha value is -2.90. The molecular formula is C17H21N5O3. The zero-order chi connectivity index (χ0) is 17.8. The normalized spacial score (nSPS) is 18.9. The second kappa shape index (κ2) is 7.33. The summed E-state index contributed by atoms with van der Waals surface area (Å²) >= 11 is 0. The topological polar surface area (TPSA) is 109 Å². The molecule has 0 radical (unpaired) electrons. The van der Waals surface area contributed by atoms with Gasteiger partial charge in [0, 0.05) is 18.9 Å². The van der Waals surface area contributed by atoms with Crippen LogP contribution in [-0.2, 0) is 9.59 Å². The van der Waals surface area contributed by atoms with Crippen LogP contribution in [0.4, 0.5) is 11.9 Å². The highest BCUT2D eigenvalue weighted by Gasteiger charge is 2.28. The molecular weight excluding hydrogens is 322 g/mol. The Kier molecular flexibility index (Phi) is 4.97.